The number of Topliss-reactive ketones (excluding diaryl/α,β-unsaturated/α-hetero) is 1. The van der Waals surface area contributed by atoms with Crippen molar-refractivity contribution in [3.8, 4) is 0 Å². The summed E-state index contributed by atoms with van der Waals surface area (Å²) in [7, 11) is 0. The highest BCUT2D eigenvalue weighted by molar-refractivity contribution is 9.10. The number of nitrogens with one attached hydrogen (secondary N) is 1. The highest BCUT2D eigenvalue weighted by Crippen LogP contribution is 2.30. The molecule has 4 nitrogen and oxygen atoms in total. The molecule has 0 unspecified atom stereocenters. The van der Waals surface area contributed by atoms with Gasteiger partial charge in [-0.05, 0) is 43.8 Å². The number of H-pyrrole nitrogens is 1. The fraction of sp³-hybridized carbons (Fsp3) is 0.182. The Bertz CT molecular complexity index is 568. The summed E-state index contributed by atoms with van der Waals surface area (Å²) in [6, 6.07) is 5.55. The maximum Gasteiger partial charge on any atom is 0.213 e. The second-order valence-electron chi connectivity index (χ2n) is 3.50. The number of hydrogen-bond donors (Lipinski definition) is 1. The first kappa shape index (κ1) is 12.3. The lowest BCUT2D eigenvalue weighted by Gasteiger charge is -2.04. The zero-order chi connectivity index (χ0) is 12.4. The summed E-state index contributed by atoms with van der Waals surface area (Å²) in [4.78, 5) is 16.6. The number of aryl methyl sites for hydroxylation is 1. The van der Waals surface area contributed by atoms with Gasteiger partial charge in [0.05, 0.1) is 0 Å². The Morgan fingerprint density at radius 2 is 2.24 bits per heavy atom. The van der Waals surface area contributed by atoms with Crippen molar-refractivity contribution in [3.63, 3.8) is 0 Å². The lowest BCUT2D eigenvalue weighted by Crippen LogP contribution is -1.95. The van der Waals surface area contributed by atoms with E-state index in [0.29, 0.717) is 10.7 Å². The Labute approximate surface area is 111 Å². The zero-order valence-corrected chi connectivity index (χ0v) is 11.7. The van der Waals surface area contributed by atoms with Crippen LogP contribution in [0.25, 0.3) is 0 Å². The summed E-state index contributed by atoms with van der Waals surface area (Å²) in [5.74, 6) is 0.791. The number of aromatic nitrogens is 3. The van der Waals surface area contributed by atoms with Crippen molar-refractivity contribution in [2.24, 2.45) is 0 Å². The quantitative estimate of drug-likeness (QED) is 0.884. The van der Waals surface area contributed by atoms with Gasteiger partial charge in [0, 0.05) is 14.9 Å². The molecule has 0 saturated heterocycles. The summed E-state index contributed by atoms with van der Waals surface area (Å²) in [6.07, 6.45) is 0. The Hall–Kier alpha value is -1.14. The van der Waals surface area contributed by atoms with Crippen LogP contribution in [-0.2, 0) is 0 Å². The Morgan fingerprint density at radius 1 is 1.47 bits per heavy atom. The summed E-state index contributed by atoms with van der Waals surface area (Å²) in [5.41, 5.74) is 0.681. The van der Waals surface area contributed by atoms with E-state index in [-0.39, 0.29) is 5.78 Å². The Kier molecular flexibility index (Phi) is 3.63. The first-order valence-corrected chi connectivity index (χ1v) is 6.54. The van der Waals surface area contributed by atoms with Crippen LogP contribution in [0.1, 0.15) is 23.1 Å². The van der Waals surface area contributed by atoms with E-state index in [2.05, 4.69) is 31.1 Å². The molecule has 6 heteroatoms. The second kappa shape index (κ2) is 5.01. The largest absolute Gasteiger partial charge is 0.294 e. The monoisotopic (exact) mass is 311 g/mol. The van der Waals surface area contributed by atoms with Crippen LogP contribution in [0.3, 0.4) is 0 Å². The van der Waals surface area contributed by atoms with Gasteiger partial charge in [-0.25, -0.2) is 4.98 Å². The van der Waals surface area contributed by atoms with Gasteiger partial charge >= 0.3 is 0 Å². The van der Waals surface area contributed by atoms with E-state index in [1.807, 2.05) is 19.1 Å². The van der Waals surface area contributed by atoms with Crippen LogP contribution < -0.4 is 0 Å². The first-order chi connectivity index (χ1) is 8.06. The minimum absolute atomic E-state index is 0.0345. The van der Waals surface area contributed by atoms with E-state index in [9.17, 15) is 4.79 Å². The van der Waals surface area contributed by atoms with Crippen LogP contribution >= 0.6 is 27.7 Å². The topological polar surface area (TPSA) is 58.6 Å². The van der Waals surface area contributed by atoms with Crippen molar-refractivity contribution in [3.05, 3.63) is 34.1 Å². The third-order valence-corrected chi connectivity index (χ3v) is 3.52. The number of halogens is 1. The summed E-state index contributed by atoms with van der Waals surface area (Å²) in [6.45, 7) is 3.39. The molecular weight excluding hydrogens is 302 g/mol. The minimum Gasteiger partial charge on any atom is -0.294 e. The van der Waals surface area contributed by atoms with Crippen LogP contribution in [0.2, 0.25) is 0 Å². The van der Waals surface area contributed by atoms with Gasteiger partial charge in [-0.15, -0.1) is 5.10 Å². The molecule has 0 bridgehead atoms. The lowest BCUT2D eigenvalue weighted by molar-refractivity contribution is 0.101. The second-order valence-corrected chi connectivity index (χ2v) is 5.43. The number of aromatic amines is 1. The summed E-state index contributed by atoms with van der Waals surface area (Å²) in [5, 5.41) is 7.43. The molecule has 17 heavy (non-hydrogen) atoms. The van der Waals surface area contributed by atoms with Crippen LogP contribution in [-0.4, -0.2) is 21.0 Å². The molecule has 0 radical (unpaired) electrons. The number of nitrogens with zero attached hydrogens (tertiary/aromatic N) is 2. The fourth-order valence-electron chi connectivity index (χ4n) is 1.34. The van der Waals surface area contributed by atoms with Crippen molar-refractivity contribution < 1.29 is 4.79 Å². The molecule has 1 aromatic heterocycles. The molecule has 0 saturated carbocycles. The molecule has 0 aliphatic rings. The van der Waals surface area contributed by atoms with Crippen molar-refractivity contribution in [1.29, 1.82) is 0 Å². The molecule has 0 aliphatic heterocycles. The van der Waals surface area contributed by atoms with E-state index in [1.54, 1.807) is 13.0 Å². The molecule has 0 amide bonds. The van der Waals surface area contributed by atoms with Gasteiger partial charge < -0.3 is 0 Å². The standard InChI is InChI=1S/C11H10BrN3OS/c1-6(16)9-4-3-8(12)5-10(9)17-11-13-7(2)14-15-11/h3-5H,1-2H3,(H,13,14,15). The number of rotatable bonds is 3. The van der Waals surface area contributed by atoms with Gasteiger partial charge in [0.1, 0.15) is 5.82 Å². The molecule has 1 heterocycles. The fourth-order valence-corrected chi connectivity index (χ4v) is 2.83. The van der Waals surface area contributed by atoms with Gasteiger partial charge in [0.15, 0.2) is 5.78 Å². The average molecular weight is 312 g/mol. The van der Waals surface area contributed by atoms with Crippen molar-refractivity contribution in [2.75, 3.05) is 0 Å². The predicted molar refractivity (Wildman–Crippen MR) is 69.4 cm³/mol. The molecule has 0 aliphatic carbocycles. The molecule has 1 N–H and O–H groups in total. The number of hydrogen-bond acceptors (Lipinski definition) is 4. The zero-order valence-electron chi connectivity index (χ0n) is 9.32. The Balaban J connectivity index is 2.37. The number of ketones is 1. The highest BCUT2D eigenvalue weighted by Gasteiger charge is 2.11. The number of carbonyl (C=O) groups is 1. The van der Waals surface area contributed by atoms with E-state index >= 15 is 0 Å². The van der Waals surface area contributed by atoms with Crippen molar-refractivity contribution in [1.82, 2.24) is 15.2 Å². The van der Waals surface area contributed by atoms with Crippen LogP contribution in [0.4, 0.5) is 0 Å². The molecule has 0 spiro atoms. The SMILES string of the molecule is CC(=O)c1ccc(Br)cc1Sc1n[nH]c(C)n1. The third kappa shape index (κ3) is 2.95. The normalized spacial score (nSPS) is 10.5. The van der Waals surface area contributed by atoms with Crippen LogP contribution in [0.5, 0.6) is 0 Å². The molecule has 2 rings (SSSR count). The van der Waals surface area contributed by atoms with Gasteiger partial charge in [-0.2, -0.15) is 0 Å². The minimum atomic E-state index is 0.0345. The molecule has 0 fully saturated rings. The van der Waals surface area contributed by atoms with E-state index in [0.717, 1.165) is 15.2 Å². The lowest BCUT2D eigenvalue weighted by atomic mass is 10.1. The third-order valence-electron chi connectivity index (χ3n) is 2.10. The van der Waals surface area contributed by atoms with Gasteiger partial charge in [0.25, 0.3) is 0 Å². The smallest absolute Gasteiger partial charge is 0.213 e. The predicted octanol–water partition coefficient (Wildman–Crippen LogP) is 3.23. The van der Waals surface area contributed by atoms with Crippen LogP contribution in [0, 0.1) is 6.92 Å². The van der Waals surface area contributed by atoms with Gasteiger partial charge in [-0.1, -0.05) is 15.9 Å². The molecule has 0 atom stereocenters. The highest BCUT2D eigenvalue weighted by atomic mass is 79.9. The Morgan fingerprint density at radius 3 is 2.82 bits per heavy atom. The van der Waals surface area contributed by atoms with Crippen molar-refractivity contribution in [2.45, 2.75) is 23.9 Å². The van der Waals surface area contributed by atoms with Crippen molar-refractivity contribution >= 4 is 33.5 Å². The number of benzene rings is 1. The van der Waals surface area contributed by atoms with E-state index < -0.39 is 0 Å². The van der Waals surface area contributed by atoms with Gasteiger partial charge in [0.2, 0.25) is 5.16 Å². The maximum absolute atomic E-state index is 11.5. The summed E-state index contributed by atoms with van der Waals surface area (Å²) >= 11 is 4.76. The molecule has 88 valence electrons. The first-order valence-electron chi connectivity index (χ1n) is 4.93. The summed E-state index contributed by atoms with van der Waals surface area (Å²) < 4.78 is 0.928. The van der Waals surface area contributed by atoms with E-state index in [4.69, 9.17) is 0 Å². The van der Waals surface area contributed by atoms with Crippen LogP contribution in [0.15, 0.2) is 32.7 Å². The van der Waals surface area contributed by atoms with E-state index in [1.165, 1.54) is 11.8 Å². The molecule has 2 aromatic rings. The van der Waals surface area contributed by atoms with Gasteiger partial charge in [-0.3, -0.25) is 9.89 Å². The number of carbonyl (C=O) groups excluding carboxylic acids is 1. The molecule has 1 aromatic carbocycles. The average Bonchev–Trinajstić information content (AvgIpc) is 2.63. The maximum atomic E-state index is 11.5. The molecular formula is C11H10BrN3OS.